The number of rotatable bonds is 6. The average Bonchev–Trinajstić information content (AvgIpc) is 2.67. The van der Waals surface area contributed by atoms with E-state index in [0.717, 1.165) is 33.5 Å². The van der Waals surface area contributed by atoms with E-state index >= 15 is 0 Å². The van der Waals surface area contributed by atoms with Crippen LogP contribution in [0.3, 0.4) is 0 Å². The van der Waals surface area contributed by atoms with Crippen LogP contribution in [0.4, 0.5) is 5.69 Å². The zero-order valence-electron chi connectivity index (χ0n) is 14.2. The van der Waals surface area contributed by atoms with Gasteiger partial charge in [-0.15, -0.1) is 0 Å². The number of nitrogens with zero attached hydrogens (tertiary/aromatic N) is 1. The highest BCUT2D eigenvalue weighted by molar-refractivity contribution is 9.10. The van der Waals surface area contributed by atoms with E-state index in [1.165, 1.54) is 5.56 Å². The topological polar surface area (TPSA) is 21.6 Å². The van der Waals surface area contributed by atoms with Gasteiger partial charge in [-0.05, 0) is 47.9 Å². The van der Waals surface area contributed by atoms with E-state index in [9.17, 15) is 0 Å². The fourth-order valence-corrected chi connectivity index (χ4v) is 2.83. The van der Waals surface area contributed by atoms with Gasteiger partial charge in [0, 0.05) is 16.3 Å². The van der Waals surface area contributed by atoms with Crippen molar-refractivity contribution in [3.63, 3.8) is 0 Å². The van der Waals surface area contributed by atoms with Crippen LogP contribution in [0.2, 0.25) is 0 Å². The number of aliphatic imine (C=N–C) groups is 1. The summed E-state index contributed by atoms with van der Waals surface area (Å²) < 4.78 is 6.99. The molecule has 0 spiro atoms. The van der Waals surface area contributed by atoms with Gasteiger partial charge in [0.25, 0.3) is 0 Å². The first-order chi connectivity index (χ1) is 12.2. The molecular weight excluding hydrogens is 374 g/mol. The number of hydrogen-bond donors (Lipinski definition) is 0. The number of benzene rings is 3. The quantitative estimate of drug-likeness (QED) is 0.447. The molecule has 0 radical (unpaired) electrons. The second kappa shape index (κ2) is 8.63. The van der Waals surface area contributed by atoms with Crippen molar-refractivity contribution in [1.29, 1.82) is 0 Å². The highest BCUT2D eigenvalue weighted by Gasteiger charge is 2.04. The van der Waals surface area contributed by atoms with Gasteiger partial charge >= 0.3 is 0 Å². The summed E-state index contributed by atoms with van der Waals surface area (Å²) in [7, 11) is 0. The standard InChI is InChI=1S/C22H20BrNO/c1-2-17-8-11-21(12-9-17)24-15-19-14-20(23)10-13-22(19)25-16-18-6-4-3-5-7-18/h3-15H,2,16H2,1H3. The van der Waals surface area contributed by atoms with Crippen molar-refractivity contribution < 1.29 is 4.74 Å². The molecule has 126 valence electrons. The van der Waals surface area contributed by atoms with Crippen molar-refractivity contribution in [3.05, 3.63) is 94.0 Å². The molecule has 0 saturated carbocycles. The third-order valence-electron chi connectivity index (χ3n) is 3.91. The van der Waals surface area contributed by atoms with Crippen molar-refractivity contribution >= 4 is 27.8 Å². The molecular formula is C22H20BrNO. The van der Waals surface area contributed by atoms with Crippen LogP contribution < -0.4 is 4.74 Å². The van der Waals surface area contributed by atoms with Gasteiger partial charge in [0.15, 0.2) is 0 Å². The molecule has 3 rings (SSSR count). The van der Waals surface area contributed by atoms with Crippen molar-refractivity contribution in [3.8, 4) is 5.75 Å². The van der Waals surface area contributed by atoms with Crippen LogP contribution in [0.15, 0.2) is 82.3 Å². The molecule has 0 bridgehead atoms. The van der Waals surface area contributed by atoms with Gasteiger partial charge in [-0.3, -0.25) is 4.99 Å². The fraction of sp³-hybridized carbons (Fsp3) is 0.136. The molecule has 0 atom stereocenters. The molecule has 0 fully saturated rings. The first kappa shape index (κ1) is 17.4. The van der Waals surface area contributed by atoms with Crippen LogP contribution in [0.1, 0.15) is 23.6 Å². The predicted octanol–water partition coefficient (Wildman–Crippen LogP) is 6.34. The summed E-state index contributed by atoms with van der Waals surface area (Å²) in [6.07, 6.45) is 2.89. The Labute approximate surface area is 157 Å². The molecule has 2 nitrogen and oxygen atoms in total. The van der Waals surface area contributed by atoms with Crippen molar-refractivity contribution in [1.82, 2.24) is 0 Å². The fourth-order valence-electron chi connectivity index (χ4n) is 2.45. The molecule has 0 aliphatic heterocycles. The van der Waals surface area contributed by atoms with Crippen LogP contribution in [0, 0.1) is 0 Å². The largest absolute Gasteiger partial charge is 0.488 e. The van der Waals surface area contributed by atoms with Gasteiger partial charge in [0.1, 0.15) is 12.4 Å². The number of halogens is 1. The average molecular weight is 394 g/mol. The highest BCUT2D eigenvalue weighted by atomic mass is 79.9. The second-order valence-electron chi connectivity index (χ2n) is 5.73. The summed E-state index contributed by atoms with van der Waals surface area (Å²) >= 11 is 3.52. The van der Waals surface area contributed by atoms with Gasteiger partial charge in [0.2, 0.25) is 0 Å². The van der Waals surface area contributed by atoms with E-state index in [0.29, 0.717) is 6.61 Å². The third kappa shape index (κ3) is 5.04. The number of aryl methyl sites for hydroxylation is 1. The smallest absolute Gasteiger partial charge is 0.128 e. The molecule has 0 saturated heterocycles. The Morgan fingerprint density at radius 2 is 1.68 bits per heavy atom. The van der Waals surface area contributed by atoms with Crippen LogP contribution in [0.25, 0.3) is 0 Å². The van der Waals surface area contributed by atoms with Gasteiger partial charge in [-0.1, -0.05) is 65.3 Å². The number of hydrogen-bond acceptors (Lipinski definition) is 2. The molecule has 0 heterocycles. The molecule has 0 unspecified atom stereocenters. The minimum atomic E-state index is 0.536. The Balaban J connectivity index is 1.77. The third-order valence-corrected chi connectivity index (χ3v) is 4.40. The molecule has 0 aromatic heterocycles. The summed E-state index contributed by atoms with van der Waals surface area (Å²) in [5.74, 6) is 0.820. The molecule has 0 amide bonds. The molecule has 0 aliphatic rings. The zero-order valence-corrected chi connectivity index (χ0v) is 15.7. The Hall–Kier alpha value is -2.39. The molecule has 3 aromatic carbocycles. The molecule has 25 heavy (non-hydrogen) atoms. The van der Waals surface area contributed by atoms with Crippen LogP contribution >= 0.6 is 15.9 Å². The predicted molar refractivity (Wildman–Crippen MR) is 108 cm³/mol. The van der Waals surface area contributed by atoms with Crippen molar-refractivity contribution in [2.45, 2.75) is 20.0 Å². The Kier molecular flexibility index (Phi) is 6.02. The van der Waals surface area contributed by atoms with Gasteiger partial charge < -0.3 is 4.74 Å². The summed E-state index contributed by atoms with van der Waals surface area (Å²) in [4.78, 5) is 4.58. The number of ether oxygens (including phenoxy) is 1. The lowest BCUT2D eigenvalue weighted by Crippen LogP contribution is -1.98. The minimum Gasteiger partial charge on any atom is -0.488 e. The molecule has 3 aromatic rings. The van der Waals surface area contributed by atoms with E-state index in [1.807, 2.05) is 54.7 Å². The van der Waals surface area contributed by atoms with Gasteiger partial charge in [-0.2, -0.15) is 0 Å². The van der Waals surface area contributed by atoms with Crippen molar-refractivity contribution in [2.24, 2.45) is 4.99 Å². The van der Waals surface area contributed by atoms with E-state index in [2.05, 4.69) is 52.1 Å². The first-order valence-electron chi connectivity index (χ1n) is 8.34. The maximum absolute atomic E-state index is 5.99. The van der Waals surface area contributed by atoms with Gasteiger partial charge in [0.05, 0.1) is 5.69 Å². The summed E-state index contributed by atoms with van der Waals surface area (Å²) in [6.45, 7) is 2.69. The Bertz CT molecular complexity index is 842. The molecule has 0 aliphatic carbocycles. The van der Waals surface area contributed by atoms with E-state index in [4.69, 9.17) is 4.74 Å². The lowest BCUT2D eigenvalue weighted by Gasteiger charge is -2.09. The van der Waals surface area contributed by atoms with Gasteiger partial charge in [-0.25, -0.2) is 0 Å². The summed E-state index contributed by atoms with van der Waals surface area (Å²) in [5, 5.41) is 0. The van der Waals surface area contributed by atoms with Crippen molar-refractivity contribution in [2.75, 3.05) is 0 Å². The maximum Gasteiger partial charge on any atom is 0.128 e. The van der Waals surface area contributed by atoms with Crippen LogP contribution in [0.5, 0.6) is 5.75 Å². The monoisotopic (exact) mass is 393 g/mol. The minimum absolute atomic E-state index is 0.536. The second-order valence-corrected chi connectivity index (χ2v) is 6.65. The normalized spacial score (nSPS) is 11.0. The van der Waals surface area contributed by atoms with E-state index < -0.39 is 0 Å². The highest BCUT2D eigenvalue weighted by Crippen LogP contribution is 2.24. The molecule has 0 N–H and O–H groups in total. The van der Waals surface area contributed by atoms with E-state index in [-0.39, 0.29) is 0 Å². The molecule has 3 heteroatoms. The lowest BCUT2D eigenvalue weighted by molar-refractivity contribution is 0.306. The maximum atomic E-state index is 5.99. The zero-order chi connectivity index (χ0) is 17.5. The van der Waals surface area contributed by atoms with E-state index in [1.54, 1.807) is 0 Å². The van der Waals surface area contributed by atoms with Crippen LogP contribution in [-0.4, -0.2) is 6.21 Å². The Morgan fingerprint density at radius 3 is 2.40 bits per heavy atom. The summed E-state index contributed by atoms with van der Waals surface area (Å²) in [5.41, 5.74) is 4.34. The Morgan fingerprint density at radius 1 is 0.920 bits per heavy atom. The SMILES string of the molecule is CCc1ccc(N=Cc2cc(Br)ccc2OCc2ccccc2)cc1. The van der Waals surface area contributed by atoms with Crippen LogP contribution in [-0.2, 0) is 13.0 Å². The lowest BCUT2D eigenvalue weighted by atomic mass is 10.1. The summed E-state index contributed by atoms with van der Waals surface area (Å²) in [6, 6.07) is 24.4. The first-order valence-corrected chi connectivity index (χ1v) is 9.13.